The van der Waals surface area contributed by atoms with Crippen LogP contribution >= 0.6 is 0 Å². The van der Waals surface area contributed by atoms with Crippen molar-refractivity contribution in [3.63, 3.8) is 0 Å². The van der Waals surface area contributed by atoms with Crippen LogP contribution in [0.15, 0.2) is 47.8 Å². The number of piperidine rings is 1. The number of H-pyrrole nitrogens is 1. The lowest BCUT2D eigenvalue weighted by molar-refractivity contribution is 0.420. The minimum Gasteiger partial charge on any atom is -0.350 e. The Labute approximate surface area is 139 Å². The average molecular weight is 324 g/mol. The molecule has 0 amide bonds. The summed E-state index contributed by atoms with van der Waals surface area (Å²) in [6, 6.07) is 6.40. The predicted octanol–water partition coefficient (Wildman–Crippen LogP) is 1.18. The summed E-state index contributed by atoms with van der Waals surface area (Å²) in [6.45, 7) is 2.43. The van der Waals surface area contributed by atoms with Gasteiger partial charge in [0.05, 0.1) is 11.7 Å². The molecule has 4 rings (SSSR count). The van der Waals surface area contributed by atoms with Crippen LogP contribution in [0.5, 0.6) is 0 Å². The zero-order chi connectivity index (χ0) is 16.4. The summed E-state index contributed by atoms with van der Waals surface area (Å²) < 4.78 is 1.89. The molecule has 124 valence electrons. The Bertz CT molecular complexity index is 886. The van der Waals surface area contributed by atoms with Crippen molar-refractivity contribution in [2.45, 2.75) is 25.4 Å². The summed E-state index contributed by atoms with van der Waals surface area (Å²) in [5, 5.41) is 7.97. The van der Waals surface area contributed by atoms with Gasteiger partial charge in [-0.2, -0.15) is 5.10 Å². The van der Waals surface area contributed by atoms with Gasteiger partial charge in [-0.1, -0.05) is 6.07 Å². The summed E-state index contributed by atoms with van der Waals surface area (Å²) in [5.74, 6) is 0.514. The van der Waals surface area contributed by atoms with E-state index >= 15 is 0 Å². The van der Waals surface area contributed by atoms with Crippen molar-refractivity contribution >= 4 is 11.3 Å². The van der Waals surface area contributed by atoms with Gasteiger partial charge in [0.25, 0.3) is 5.56 Å². The highest BCUT2D eigenvalue weighted by Crippen LogP contribution is 2.16. The Balaban J connectivity index is 1.44. The average Bonchev–Trinajstić information content (AvgIpc) is 3.04. The third-order valence-electron chi connectivity index (χ3n) is 4.50. The number of hydrogen-bond acceptors (Lipinski definition) is 5. The predicted molar refractivity (Wildman–Crippen MR) is 92.1 cm³/mol. The molecule has 0 saturated carbocycles. The van der Waals surface area contributed by atoms with Crippen LogP contribution < -0.4 is 15.8 Å². The number of hydrogen-bond donors (Lipinski definition) is 2. The lowest BCUT2D eigenvalue weighted by Crippen LogP contribution is -2.47. The van der Waals surface area contributed by atoms with Crippen molar-refractivity contribution in [3.05, 3.63) is 58.9 Å². The molecule has 1 aliphatic rings. The summed E-state index contributed by atoms with van der Waals surface area (Å²) in [7, 11) is 0. The number of nitrogens with one attached hydrogen (secondary N) is 2. The van der Waals surface area contributed by atoms with Gasteiger partial charge in [-0.3, -0.25) is 4.79 Å². The third-order valence-corrected chi connectivity index (χ3v) is 4.50. The number of rotatable bonds is 4. The van der Waals surface area contributed by atoms with Crippen molar-refractivity contribution in [1.29, 1.82) is 0 Å². The second-order valence-electron chi connectivity index (χ2n) is 6.11. The number of nitrogens with zero attached hydrogens (tertiary/aromatic N) is 4. The smallest absolute Gasteiger partial charge is 0.290 e. The first kappa shape index (κ1) is 14.9. The Morgan fingerprint density at radius 2 is 2.33 bits per heavy atom. The molecule has 0 aliphatic carbocycles. The van der Waals surface area contributed by atoms with Crippen LogP contribution in [0.1, 0.15) is 18.4 Å². The fourth-order valence-electron chi connectivity index (χ4n) is 3.28. The monoisotopic (exact) mass is 324 g/mol. The fourth-order valence-corrected chi connectivity index (χ4v) is 3.28. The van der Waals surface area contributed by atoms with Gasteiger partial charge < -0.3 is 15.2 Å². The van der Waals surface area contributed by atoms with Gasteiger partial charge >= 0.3 is 0 Å². The van der Waals surface area contributed by atoms with Gasteiger partial charge in [0.2, 0.25) is 0 Å². The molecule has 1 fully saturated rings. The third kappa shape index (κ3) is 2.90. The number of fused-ring (bicyclic) bond motifs is 1. The van der Waals surface area contributed by atoms with Crippen molar-refractivity contribution in [1.82, 2.24) is 24.9 Å². The first-order valence-corrected chi connectivity index (χ1v) is 8.24. The molecule has 1 aliphatic heterocycles. The van der Waals surface area contributed by atoms with E-state index in [4.69, 9.17) is 0 Å². The summed E-state index contributed by atoms with van der Waals surface area (Å²) in [4.78, 5) is 20.9. The number of pyridine rings is 1. The highest BCUT2D eigenvalue weighted by atomic mass is 16.1. The number of aromatic amines is 1. The first-order valence-electron chi connectivity index (χ1n) is 8.24. The molecule has 1 saturated heterocycles. The highest BCUT2D eigenvalue weighted by Gasteiger charge is 2.22. The minimum absolute atomic E-state index is 0.124. The van der Waals surface area contributed by atoms with Gasteiger partial charge in [-0.15, -0.1) is 0 Å². The van der Waals surface area contributed by atoms with E-state index in [1.54, 1.807) is 12.4 Å². The lowest BCUT2D eigenvalue weighted by Gasteiger charge is -2.33. The minimum atomic E-state index is -0.124. The first-order chi connectivity index (χ1) is 11.8. The van der Waals surface area contributed by atoms with Gasteiger partial charge in [-0.05, 0) is 25.0 Å². The SMILES string of the molecule is O=c1[nH]ccnc1N1CCC[C@@H](NCc2cnn3ccccc23)C1. The number of anilines is 1. The Morgan fingerprint density at radius 1 is 1.38 bits per heavy atom. The molecule has 4 heterocycles. The van der Waals surface area contributed by atoms with E-state index in [-0.39, 0.29) is 5.56 Å². The molecule has 0 radical (unpaired) electrons. The fraction of sp³-hybridized carbons (Fsp3) is 0.353. The zero-order valence-electron chi connectivity index (χ0n) is 13.4. The normalized spacial score (nSPS) is 18.2. The van der Waals surface area contributed by atoms with E-state index in [1.807, 2.05) is 29.0 Å². The molecule has 0 aromatic carbocycles. The Hall–Kier alpha value is -2.67. The summed E-state index contributed by atoms with van der Waals surface area (Å²) >= 11 is 0. The van der Waals surface area contributed by atoms with Crippen LogP contribution in [0.4, 0.5) is 5.82 Å². The molecule has 3 aromatic rings. The molecule has 0 spiro atoms. The Morgan fingerprint density at radius 3 is 3.25 bits per heavy atom. The second-order valence-corrected chi connectivity index (χ2v) is 6.11. The number of aromatic nitrogens is 4. The van der Waals surface area contributed by atoms with Crippen LogP contribution in [0.3, 0.4) is 0 Å². The van der Waals surface area contributed by atoms with Crippen molar-refractivity contribution in [2.24, 2.45) is 0 Å². The molecular weight excluding hydrogens is 304 g/mol. The van der Waals surface area contributed by atoms with E-state index in [0.717, 1.165) is 38.0 Å². The molecule has 3 aromatic heterocycles. The van der Waals surface area contributed by atoms with Crippen molar-refractivity contribution < 1.29 is 0 Å². The van der Waals surface area contributed by atoms with E-state index in [1.165, 1.54) is 5.56 Å². The van der Waals surface area contributed by atoms with E-state index < -0.39 is 0 Å². The van der Waals surface area contributed by atoms with Gasteiger partial charge in [0, 0.05) is 49.8 Å². The van der Waals surface area contributed by atoms with Crippen LogP contribution in [0.25, 0.3) is 5.52 Å². The van der Waals surface area contributed by atoms with Gasteiger partial charge in [0.15, 0.2) is 5.82 Å². The van der Waals surface area contributed by atoms with Crippen LogP contribution in [0, 0.1) is 0 Å². The van der Waals surface area contributed by atoms with Crippen LogP contribution in [-0.2, 0) is 6.54 Å². The summed E-state index contributed by atoms with van der Waals surface area (Å²) in [6.07, 6.45) is 9.20. The van der Waals surface area contributed by atoms with E-state index in [0.29, 0.717) is 11.9 Å². The lowest BCUT2D eigenvalue weighted by atomic mass is 10.1. The topological polar surface area (TPSA) is 78.3 Å². The van der Waals surface area contributed by atoms with Gasteiger partial charge in [-0.25, -0.2) is 9.50 Å². The molecule has 7 heteroatoms. The van der Waals surface area contributed by atoms with E-state index in [9.17, 15) is 4.79 Å². The van der Waals surface area contributed by atoms with Gasteiger partial charge in [0.1, 0.15) is 0 Å². The Kier molecular flexibility index (Phi) is 4.00. The molecule has 24 heavy (non-hydrogen) atoms. The van der Waals surface area contributed by atoms with Crippen LogP contribution in [0.2, 0.25) is 0 Å². The second kappa shape index (κ2) is 6.45. The molecular formula is C17H20N6O. The largest absolute Gasteiger partial charge is 0.350 e. The maximum absolute atomic E-state index is 11.9. The maximum atomic E-state index is 11.9. The maximum Gasteiger partial charge on any atom is 0.290 e. The van der Waals surface area contributed by atoms with Crippen molar-refractivity contribution in [3.8, 4) is 0 Å². The quantitative estimate of drug-likeness (QED) is 0.753. The van der Waals surface area contributed by atoms with Crippen molar-refractivity contribution in [2.75, 3.05) is 18.0 Å². The molecule has 2 N–H and O–H groups in total. The summed E-state index contributed by atoms with van der Waals surface area (Å²) in [5.41, 5.74) is 2.18. The standard InChI is InChI=1S/C17H20N6O/c24-17-16(18-6-7-19-17)22-8-3-4-14(12-22)20-10-13-11-21-23-9-2-1-5-15(13)23/h1-2,5-7,9,11,14,20H,3-4,8,10,12H2,(H,19,24)/t14-/m1/s1. The molecule has 0 unspecified atom stereocenters. The highest BCUT2D eigenvalue weighted by molar-refractivity contribution is 5.53. The molecule has 1 atom stereocenters. The molecule has 7 nitrogen and oxygen atoms in total. The molecule has 0 bridgehead atoms. The van der Waals surface area contributed by atoms with Crippen LogP contribution in [-0.4, -0.2) is 38.7 Å². The van der Waals surface area contributed by atoms with E-state index in [2.05, 4.69) is 31.3 Å². The zero-order valence-corrected chi connectivity index (χ0v) is 13.4.